The van der Waals surface area contributed by atoms with E-state index in [2.05, 4.69) is 44.2 Å². The van der Waals surface area contributed by atoms with Gasteiger partial charge in [-0.25, -0.2) is 0 Å². The molecule has 0 radical (unpaired) electrons. The van der Waals surface area contributed by atoms with Crippen molar-refractivity contribution in [1.82, 2.24) is 0 Å². The summed E-state index contributed by atoms with van der Waals surface area (Å²) in [6.45, 7) is 4.72. The zero-order valence-electron chi connectivity index (χ0n) is 16.0. The number of hydrogen-bond donors (Lipinski definition) is 2. The molecule has 1 unspecified atom stereocenters. The first kappa shape index (κ1) is 24.2. The molecule has 0 aliphatic rings. The van der Waals surface area contributed by atoms with E-state index in [-0.39, 0.29) is 0 Å². The van der Waals surface area contributed by atoms with Crippen molar-refractivity contribution in [1.29, 1.82) is 0 Å². The molecule has 5 heteroatoms. The molecule has 0 saturated carbocycles. The van der Waals surface area contributed by atoms with Crippen molar-refractivity contribution < 1.29 is 19.8 Å². The van der Waals surface area contributed by atoms with E-state index in [0.717, 1.165) is 0 Å². The zero-order valence-corrected chi connectivity index (χ0v) is 18.0. The third-order valence-electron chi connectivity index (χ3n) is 4.26. The molecular weight excluding hydrogens is 327 g/mol. The number of unbranched alkanes of at least 4 members (excludes halogenated alkanes) is 6. The number of carbonyl (C=O) groups is 2. The maximum absolute atomic E-state index is 9.43. The molecule has 0 fully saturated rings. The summed E-state index contributed by atoms with van der Waals surface area (Å²) in [4.78, 5) is 18.9. The van der Waals surface area contributed by atoms with Crippen molar-refractivity contribution in [2.45, 2.75) is 74.3 Å². The minimum atomic E-state index is -1.31. The monoisotopic (exact) mass is 358 g/mol. The van der Waals surface area contributed by atoms with Gasteiger partial charge in [-0.1, -0.05) is 0 Å². The molecule has 0 heterocycles. The number of carboxylic acid groups (broad SMARTS) is 2. The van der Waals surface area contributed by atoms with Gasteiger partial charge in [0.2, 0.25) is 0 Å². The van der Waals surface area contributed by atoms with Crippen molar-refractivity contribution in [2.75, 3.05) is 0 Å². The summed E-state index contributed by atoms with van der Waals surface area (Å²) < 4.78 is 0.477. The molecule has 1 aromatic rings. The van der Waals surface area contributed by atoms with Gasteiger partial charge in [0, 0.05) is 0 Å². The van der Waals surface area contributed by atoms with Crippen LogP contribution in [0.3, 0.4) is 0 Å². The van der Waals surface area contributed by atoms with Gasteiger partial charge in [0.05, 0.1) is 0 Å². The summed E-state index contributed by atoms with van der Waals surface area (Å²) in [5.74, 6) is -2.62. The maximum atomic E-state index is 9.43. The predicted molar refractivity (Wildman–Crippen MR) is 102 cm³/mol. The Bertz CT molecular complexity index is 474. The van der Waals surface area contributed by atoms with E-state index in [9.17, 15) is 9.59 Å². The number of carboxylic acids is 2. The van der Waals surface area contributed by atoms with Crippen molar-refractivity contribution in [3.63, 3.8) is 0 Å². The standard InChI is InChI=1S/C17H27.C3H4O4.Na/c1-3-4-5-6-7-8-10-13-16(2)17-14-11-9-12-15-17;4-2(5)1-3(6)7;/h9,11-12,14-15H,3-8,10,13H2,1-2H3;1H2,(H,4,5)(H,6,7);. The largest absolute Gasteiger partial charge is 0.481 e. The van der Waals surface area contributed by atoms with Crippen LogP contribution in [-0.2, 0) is 12.3 Å². The fraction of sp³-hybridized carbons (Fsp3) is 0.600. The second-order valence-electron chi connectivity index (χ2n) is 7.09. The van der Waals surface area contributed by atoms with Crippen LogP contribution < -0.4 is 0 Å². The average Bonchev–Trinajstić information content (AvgIpc) is 2.54. The number of benzene rings is 1. The van der Waals surface area contributed by atoms with Gasteiger partial charge in [-0.3, -0.25) is 9.59 Å². The molecule has 2 N–H and O–H groups in total. The number of aliphatic carboxylic acids is 2. The van der Waals surface area contributed by atoms with E-state index < -0.39 is 18.4 Å². The van der Waals surface area contributed by atoms with Crippen LogP contribution in [0.15, 0.2) is 30.3 Å². The quantitative estimate of drug-likeness (QED) is 0.340. The van der Waals surface area contributed by atoms with Crippen LogP contribution in [0.5, 0.6) is 0 Å². The van der Waals surface area contributed by atoms with Crippen LogP contribution in [0.4, 0.5) is 0 Å². The normalized spacial score (nSPS) is 12.6. The molecular formula is C20H31NaO4. The van der Waals surface area contributed by atoms with Crippen molar-refractivity contribution in [2.24, 2.45) is 0 Å². The Morgan fingerprint density at radius 1 is 0.920 bits per heavy atom. The van der Waals surface area contributed by atoms with Crippen molar-refractivity contribution >= 4 is 39.9 Å². The number of hydrogen-bond acceptors (Lipinski definition) is 2. The third kappa shape index (κ3) is 14.1. The third-order valence-corrected chi connectivity index (χ3v) is 5.34. The molecule has 0 bridgehead atoms. The minimum Gasteiger partial charge on any atom is -0.481 e. The first-order valence-electron chi connectivity index (χ1n) is 9.28. The van der Waals surface area contributed by atoms with Gasteiger partial charge in [-0.05, 0) is 0 Å². The van der Waals surface area contributed by atoms with Crippen LogP contribution in [-0.4, -0.2) is 50.1 Å². The topological polar surface area (TPSA) is 74.6 Å². The van der Waals surface area contributed by atoms with Gasteiger partial charge < -0.3 is 10.2 Å². The Hall–Kier alpha value is -0.840. The fourth-order valence-corrected chi connectivity index (χ4v) is 3.37. The van der Waals surface area contributed by atoms with E-state index in [1.54, 1.807) is 5.56 Å². The Morgan fingerprint density at radius 3 is 1.84 bits per heavy atom. The van der Waals surface area contributed by atoms with Crippen LogP contribution in [0.25, 0.3) is 0 Å². The van der Waals surface area contributed by atoms with Crippen molar-refractivity contribution in [3.8, 4) is 0 Å². The molecule has 25 heavy (non-hydrogen) atoms. The predicted octanol–water partition coefficient (Wildman–Crippen LogP) is 4.76. The zero-order chi connectivity index (χ0) is 19.1. The summed E-state index contributed by atoms with van der Waals surface area (Å²) in [6, 6.07) is 11.1. The molecule has 1 rings (SSSR count). The van der Waals surface area contributed by atoms with E-state index in [0.29, 0.717) is 2.66 Å². The van der Waals surface area contributed by atoms with E-state index in [1.165, 1.54) is 79.3 Å². The van der Waals surface area contributed by atoms with Crippen LogP contribution >= 0.6 is 0 Å². The summed E-state index contributed by atoms with van der Waals surface area (Å²) in [7, 11) is 0. The molecule has 0 aromatic heterocycles. The van der Waals surface area contributed by atoms with Crippen LogP contribution in [0, 0.1) is 0 Å². The summed E-state index contributed by atoms with van der Waals surface area (Å²) in [6.07, 6.45) is 10.5. The van der Waals surface area contributed by atoms with Gasteiger partial charge in [0.1, 0.15) is 6.42 Å². The van der Waals surface area contributed by atoms with Crippen LogP contribution in [0.1, 0.15) is 77.2 Å². The minimum absolute atomic E-state index is 0.477. The summed E-state index contributed by atoms with van der Waals surface area (Å²) >= 11 is 1.26. The summed E-state index contributed by atoms with van der Waals surface area (Å²) in [5, 5.41) is 15.4. The molecule has 0 saturated heterocycles. The van der Waals surface area contributed by atoms with E-state index in [1.807, 2.05) is 0 Å². The first-order valence-corrected chi connectivity index (χ1v) is 10.3. The molecule has 136 valence electrons. The second kappa shape index (κ2) is 14.3. The van der Waals surface area contributed by atoms with Gasteiger partial charge in [0.15, 0.2) is 0 Å². The molecule has 4 nitrogen and oxygen atoms in total. The Kier molecular flexibility index (Phi) is 13.9. The van der Waals surface area contributed by atoms with Gasteiger partial charge in [-0.15, -0.1) is 0 Å². The van der Waals surface area contributed by atoms with Crippen LogP contribution in [0.2, 0.25) is 0 Å². The smallest absolute Gasteiger partial charge is 0.314 e. The molecule has 0 amide bonds. The van der Waals surface area contributed by atoms with E-state index >= 15 is 0 Å². The SMILES string of the molecule is CCCCCCCCC[C](C)([Na])c1ccccc1.O=C(O)CC(=O)O. The molecule has 1 aromatic carbocycles. The first-order chi connectivity index (χ1) is 11.8. The van der Waals surface area contributed by atoms with Crippen molar-refractivity contribution in [3.05, 3.63) is 35.9 Å². The Balaban J connectivity index is 0.000000697. The molecule has 1 atom stereocenters. The average molecular weight is 358 g/mol. The fourth-order valence-electron chi connectivity index (χ4n) is 2.69. The van der Waals surface area contributed by atoms with Gasteiger partial charge >= 0.3 is 144 Å². The Labute approximate surface area is 169 Å². The maximum Gasteiger partial charge on any atom is 0.314 e. The van der Waals surface area contributed by atoms with E-state index in [4.69, 9.17) is 10.2 Å². The Morgan fingerprint density at radius 2 is 1.40 bits per heavy atom. The molecule has 0 aliphatic heterocycles. The summed E-state index contributed by atoms with van der Waals surface area (Å²) in [5.41, 5.74) is 1.54. The molecule has 0 aliphatic carbocycles. The van der Waals surface area contributed by atoms with Gasteiger partial charge in [0.25, 0.3) is 0 Å². The number of rotatable bonds is 11. The second-order valence-corrected chi connectivity index (χ2v) is 9.29. The molecule has 0 spiro atoms. The van der Waals surface area contributed by atoms with Gasteiger partial charge in [-0.2, -0.15) is 0 Å².